The maximum atomic E-state index is 12.9. The molecule has 0 aliphatic carbocycles. The highest BCUT2D eigenvalue weighted by Gasteiger charge is 2.30. The Bertz CT molecular complexity index is 760. The van der Waals surface area contributed by atoms with Gasteiger partial charge in [-0.05, 0) is 36.8 Å². The van der Waals surface area contributed by atoms with E-state index in [1.807, 2.05) is 6.07 Å². The van der Waals surface area contributed by atoms with Gasteiger partial charge in [0.2, 0.25) is 0 Å². The van der Waals surface area contributed by atoms with Gasteiger partial charge >= 0.3 is 12.0 Å². The number of carbonyl (C=O) groups is 2. The molecule has 3 rings (SSSR count). The maximum Gasteiger partial charge on any atom is 0.317 e. The Morgan fingerprint density at radius 3 is 2.72 bits per heavy atom. The minimum absolute atomic E-state index is 0.248. The van der Waals surface area contributed by atoms with E-state index in [1.54, 1.807) is 23.0 Å². The van der Waals surface area contributed by atoms with Crippen molar-refractivity contribution in [2.75, 3.05) is 19.6 Å². The van der Waals surface area contributed by atoms with Crippen molar-refractivity contribution >= 4 is 12.0 Å². The molecule has 1 atom stereocenters. The number of aromatic nitrogens is 2. The number of hydrogen-bond donors (Lipinski definition) is 2. The molecule has 2 amide bonds. The molecule has 1 saturated heterocycles. The van der Waals surface area contributed by atoms with E-state index in [-0.39, 0.29) is 18.4 Å². The first-order valence-corrected chi connectivity index (χ1v) is 8.09. The molecule has 1 fully saturated rings. The molecule has 1 aliphatic heterocycles. The van der Waals surface area contributed by atoms with Gasteiger partial charge in [-0.25, -0.2) is 13.9 Å². The first-order chi connectivity index (χ1) is 12.0. The fraction of sp³-hybridized carbons (Fsp3) is 0.353. The molecule has 25 heavy (non-hydrogen) atoms. The van der Waals surface area contributed by atoms with Crippen LogP contribution >= 0.6 is 0 Å². The number of urea groups is 1. The summed E-state index contributed by atoms with van der Waals surface area (Å²) in [6.07, 6.45) is 2.82. The SMILES string of the molecule is O=C(O)C1CCN(C(=O)NCCc2ccn(-c3ccc(F)cc3)n2)C1. The molecule has 1 aromatic carbocycles. The quantitative estimate of drug-likeness (QED) is 0.862. The fourth-order valence-corrected chi connectivity index (χ4v) is 2.79. The zero-order valence-corrected chi connectivity index (χ0v) is 13.6. The van der Waals surface area contributed by atoms with Gasteiger partial charge in [0, 0.05) is 32.3 Å². The molecule has 1 aromatic heterocycles. The highest BCUT2D eigenvalue weighted by atomic mass is 19.1. The van der Waals surface area contributed by atoms with Crippen LogP contribution in [0.15, 0.2) is 36.5 Å². The standard InChI is InChI=1S/C17H19FN4O3/c18-13-1-3-15(4-2-13)22-10-7-14(20-22)5-8-19-17(25)21-9-6-12(11-21)16(23)24/h1-4,7,10,12H,5-6,8-9,11H2,(H,19,25)(H,23,24). The van der Waals surface area contributed by atoms with Crippen LogP contribution < -0.4 is 5.32 Å². The highest BCUT2D eigenvalue weighted by molar-refractivity contribution is 5.77. The molecule has 2 N–H and O–H groups in total. The Labute approximate surface area is 144 Å². The van der Waals surface area contributed by atoms with Crippen LogP contribution in [0.5, 0.6) is 0 Å². The van der Waals surface area contributed by atoms with Crippen molar-refractivity contribution in [3.8, 4) is 5.69 Å². The van der Waals surface area contributed by atoms with Crippen molar-refractivity contribution in [3.05, 3.63) is 48.0 Å². The molecule has 0 radical (unpaired) electrons. The number of carbonyl (C=O) groups excluding carboxylic acids is 1. The summed E-state index contributed by atoms with van der Waals surface area (Å²) in [5.41, 5.74) is 1.56. The van der Waals surface area contributed by atoms with E-state index >= 15 is 0 Å². The van der Waals surface area contributed by atoms with Gasteiger partial charge in [0.25, 0.3) is 0 Å². The van der Waals surface area contributed by atoms with Crippen LogP contribution in [0.2, 0.25) is 0 Å². The molecule has 0 bridgehead atoms. The molecule has 2 aromatic rings. The van der Waals surface area contributed by atoms with Crippen molar-refractivity contribution in [1.29, 1.82) is 0 Å². The van der Waals surface area contributed by atoms with E-state index in [0.717, 1.165) is 11.4 Å². The average molecular weight is 346 g/mol. The number of aliphatic carboxylic acids is 1. The molecule has 1 aliphatic rings. The number of halogens is 1. The zero-order valence-electron chi connectivity index (χ0n) is 13.6. The number of nitrogens with zero attached hydrogens (tertiary/aromatic N) is 3. The number of likely N-dealkylation sites (tertiary alicyclic amines) is 1. The van der Waals surface area contributed by atoms with E-state index in [4.69, 9.17) is 5.11 Å². The van der Waals surface area contributed by atoms with Crippen LogP contribution in [0.25, 0.3) is 5.69 Å². The smallest absolute Gasteiger partial charge is 0.317 e. The Balaban J connectivity index is 1.47. The normalized spacial score (nSPS) is 16.8. The Hall–Kier alpha value is -2.90. The van der Waals surface area contributed by atoms with Crippen molar-refractivity contribution in [2.45, 2.75) is 12.8 Å². The molecule has 8 heteroatoms. The number of carboxylic acid groups (broad SMARTS) is 1. The third-order valence-corrected chi connectivity index (χ3v) is 4.22. The van der Waals surface area contributed by atoms with E-state index in [1.165, 1.54) is 17.0 Å². The molecule has 0 spiro atoms. The topological polar surface area (TPSA) is 87.5 Å². The van der Waals surface area contributed by atoms with Gasteiger partial charge in [0.1, 0.15) is 5.82 Å². The lowest BCUT2D eigenvalue weighted by Gasteiger charge is -2.16. The van der Waals surface area contributed by atoms with E-state index < -0.39 is 11.9 Å². The maximum absolute atomic E-state index is 12.9. The number of carboxylic acids is 1. The summed E-state index contributed by atoms with van der Waals surface area (Å²) >= 11 is 0. The third kappa shape index (κ3) is 4.14. The molecule has 132 valence electrons. The van der Waals surface area contributed by atoms with Crippen LogP contribution in [0.3, 0.4) is 0 Å². The summed E-state index contributed by atoms with van der Waals surface area (Å²) in [4.78, 5) is 24.5. The van der Waals surface area contributed by atoms with E-state index in [2.05, 4.69) is 10.4 Å². The van der Waals surface area contributed by atoms with Crippen molar-refractivity contribution in [3.63, 3.8) is 0 Å². The first kappa shape index (κ1) is 16.9. The Morgan fingerprint density at radius 1 is 1.28 bits per heavy atom. The van der Waals surface area contributed by atoms with Crippen LogP contribution in [0, 0.1) is 11.7 Å². The number of hydrogen-bond acceptors (Lipinski definition) is 3. The molecule has 7 nitrogen and oxygen atoms in total. The molecular formula is C17H19FN4O3. The highest BCUT2D eigenvalue weighted by Crippen LogP contribution is 2.16. The molecular weight excluding hydrogens is 327 g/mol. The second-order valence-corrected chi connectivity index (χ2v) is 5.98. The summed E-state index contributed by atoms with van der Waals surface area (Å²) < 4.78 is 14.6. The number of amides is 2. The average Bonchev–Trinajstić information content (AvgIpc) is 3.25. The Kier molecular flexibility index (Phi) is 4.97. The van der Waals surface area contributed by atoms with Crippen LogP contribution in [0.1, 0.15) is 12.1 Å². The van der Waals surface area contributed by atoms with Gasteiger partial charge in [0.05, 0.1) is 17.3 Å². The van der Waals surface area contributed by atoms with E-state index in [9.17, 15) is 14.0 Å². The van der Waals surface area contributed by atoms with Crippen molar-refractivity contribution in [1.82, 2.24) is 20.0 Å². The number of nitrogens with one attached hydrogen (secondary N) is 1. The lowest BCUT2D eigenvalue weighted by atomic mass is 10.1. The molecule has 2 heterocycles. The second-order valence-electron chi connectivity index (χ2n) is 5.98. The van der Waals surface area contributed by atoms with Gasteiger partial charge in [-0.1, -0.05) is 0 Å². The van der Waals surface area contributed by atoms with Crippen molar-refractivity contribution in [2.24, 2.45) is 5.92 Å². The van der Waals surface area contributed by atoms with Crippen LogP contribution in [-0.2, 0) is 11.2 Å². The first-order valence-electron chi connectivity index (χ1n) is 8.09. The lowest BCUT2D eigenvalue weighted by Crippen LogP contribution is -2.39. The molecule has 0 saturated carbocycles. The van der Waals surface area contributed by atoms with Crippen molar-refractivity contribution < 1.29 is 19.1 Å². The van der Waals surface area contributed by atoms with Gasteiger partial charge in [-0.15, -0.1) is 0 Å². The van der Waals surface area contributed by atoms with Gasteiger partial charge in [0.15, 0.2) is 0 Å². The van der Waals surface area contributed by atoms with Gasteiger partial charge in [-0.2, -0.15) is 5.10 Å². The summed E-state index contributed by atoms with van der Waals surface area (Å²) in [5, 5.41) is 16.1. The third-order valence-electron chi connectivity index (χ3n) is 4.22. The van der Waals surface area contributed by atoms with E-state index in [0.29, 0.717) is 25.9 Å². The van der Waals surface area contributed by atoms with Gasteiger partial charge in [-0.3, -0.25) is 4.79 Å². The minimum atomic E-state index is -0.860. The summed E-state index contributed by atoms with van der Waals surface area (Å²) in [5.74, 6) is -1.63. The fourth-order valence-electron chi connectivity index (χ4n) is 2.79. The minimum Gasteiger partial charge on any atom is -0.481 e. The summed E-state index contributed by atoms with van der Waals surface area (Å²) in [6, 6.07) is 7.61. The second kappa shape index (κ2) is 7.33. The number of rotatable bonds is 5. The summed E-state index contributed by atoms with van der Waals surface area (Å²) in [7, 11) is 0. The lowest BCUT2D eigenvalue weighted by molar-refractivity contribution is -0.141. The number of benzene rings is 1. The zero-order chi connectivity index (χ0) is 17.8. The molecule has 1 unspecified atom stereocenters. The summed E-state index contributed by atoms with van der Waals surface area (Å²) in [6.45, 7) is 1.12. The predicted octanol–water partition coefficient (Wildman–Crippen LogP) is 1.67. The van der Waals surface area contributed by atoms with Crippen LogP contribution in [0.4, 0.5) is 9.18 Å². The Morgan fingerprint density at radius 2 is 2.04 bits per heavy atom. The largest absolute Gasteiger partial charge is 0.481 e. The predicted molar refractivity (Wildman–Crippen MR) is 87.9 cm³/mol. The monoisotopic (exact) mass is 346 g/mol. The van der Waals surface area contributed by atoms with Gasteiger partial charge < -0.3 is 15.3 Å². The van der Waals surface area contributed by atoms with Crippen LogP contribution in [-0.4, -0.2) is 51.4 Å².